The van der Waals surface area contributed by atoms with Crippen molar-refractivity contribution in [2.75, 3.05) is 13.6 Å². The zero-order valence-corrected chi connectivity index (χ0v) is 8.95. The van der Waals surface area contributed by atoms with Crippen molar-refractivity contribution in [1.29, 1.82) is 0 Å². The van der Waals surface area contributed by atoms with Crippen molar-refractivity contribution in [1.82, 2.24) is 4.90 Å². The van der Waals surface area contributed by atoms with Crippen LogP contribution < -0.4 is 0 Å². The number of aryl methyl sites for hydroxylation is 1. The molecule has 1 atom stereocenters. The third-order valence-corrected chi connectivity index (χ3v) is 3.28. The zero-order chi connectivity index (χ0) is 9.80. The molecule has 1 fully saturated rings. The van der Waals surface area contributed by atoms with E-state index >= 15 is 0 Å². The smallest absolute Gasteiger partial charge is 0.00958 e. The minimum atomic E-state index is 0.829. The Morgan fingerprint density at radius 1 is 1.29 bits per heavy atom. The maximum Gasteiger partial charge on any atom is 0.00958 e. The van der Waals surface area contributed by atoms with E-state index in [2.05, 4.69) is 42.3 Å². The molecule has 0 unspecified atom stereocenters. The van der Waals surface area contributed by atoms with Crippen LogP contribution in [0.1, 0.15) is 24.8 Å². The summed E-state index contributed by atoms with van der Waals surface area (Å²) in [4.78, 5) is 2.50. The molecular weight excluding hydrogens is 170 g/mol. The van der Waals surface area contributed by atoms with Crippen LogP contribution in [0.25, 0.3) is 0 Å². The van der Waals surface area contributed by atoms with Crippen LogP contribution in [-0.2, 0) is 6.42 Å². The van der Waals surface area contributed by atoms with Crippen LogP contribution in [0.3, 0.4) is 0 Å². The number of hydrogen-bond acceptors (Lipinski definition) is 1. The maximum absolute atomic E-state index is 2.50. The summed E-state index contributed by atoms with van der Waals surface area (Å²) in [5.74, 6) is 0. The SMILES string of the molecule is CN1CCC[C@@H]1CCc1ccccc1. The Labute approximate surface area is 86.7 Å². The van der Waals surface area contributed by atoms with Gasteiger partial charge in [-0.25, -0.2) is 0 Å². The molecule has 1 aromatic rings. The van der Waals surface area contributed by atoms with Gasteiger partial charge in [-0.3, -0.25) is 0 Å². The van der Waals surface area contributed by atoms with Gasteiger partial charge >= 0.3 is 0 Å². The third kappa shape index (κ3) is 2.36. The Balaban J connectivity index is 1.82. The predicted octanol–water partition coefficient (Wildman–Crippen LogP) is 2.71. The minimum absolute atomic E-state index is 0.829. The molecule has 0 spiro atoms. The van der Waals surface area contributed by atoms with Gasteiger partial charge in [-0.1, -0.05) is 30.3 Å². The molecule has 1 nitrogen and oxygen atoms in total. The lowest BCUT2D eigenvalue weighted by Gasteiger charge is -2.18. The average Bonchev–Trinajstić information content (AvgIpc) is 2.63. The molecule has 0 N–H and O–H groups in total. The van der Waals surface area contributed by atoms with E-state index in [0.29, 0.717) is 0 Å². The number of benzene rings is 1. The summed E-state index contributed by atoms with van der Waals surface area (Å²) < 4.78 is 0. The molecule has 1 heteroatoms. The molecule has 1 aliphatic rings. The second-order valence-corrected chi connectivity index (χ2v) is 4.30. The molecule has 14 heavy (non-hydrogen) atoms. The van der Waals surface area contributed by atoms with E-state index in [1.165, 1.54) is 37.8 Å². The highest BCUT2D eigenvalue weighted by Gasteiger charge is 2.19. The molecular formula is C13H19N. The van der Waals surface area contributed by atoms with Crippen molar-refractivity contribution in [3.63, 3.8) is 0 Å². The van der Waals surface area contributed by atoms with E-state index in [4.69, 9.17) is 0 Å². The first-order valence-electron chi connectivity index (χ1n) is 5.60. The highest BCUT2D eigenvalue weighted by atomic mass is 15.1. The molecule has 0 aromatic heterocycles. The Kier molecular flexibility index (Phi) is 3.20. The lowest BCUT2D eigenvalue weighted by atomic mass is 10.0. The Hall–Kier alpha value is -0.820. The maximum atomic E-state index is 2.50. The second-order valence-electron chi connectivity index (χ2n) is 4.30. The van der Waals surface area contributed by atoms with Gasteiger partial charge in [0.05, 0.1) is 0 Å². The molecule has 0 aliphatic carbocycles. The molecule has 2 rings (SSSR count). The Bertz CT molecular complexity index is 268. The van der Waals surface area contributed by atoms with Crippen LogP contribution >= 0.6 is 0 Å². The minimum Gasteiger partial charge on any atom is -0.303 e. The fourth-order valence-electron chi connectivity index (χ4n) is 2.32. The fourth-order valence-corrected chi connectivity index (χ4v) is 2.32. The number of hydrogen-bond donors (Lipinski definition) is 0. The largest absolute Gasteiger partial charge is 0.303 e. The van der Waals surface area contributed by atoms with Gasteiger partial charge in [0, 0.05) is 6.04 Å². The summed E-state index contributed by atoms with van der Waals surface area (Å²) in [5.41, 5.74) is 1.48. The lowest BCUT2D eigenvalue weighted by molar-refractivity contribution is 0.296. The lowest BCUT2D eigenvalue weighted by Crippen LogP contribution is -2.25. The first-order chi connectivity index (χ1) is 6.86. The van der Waals surface area contributed by atoms with Crippen LogP contribution in [0.5, 0.6) is 0 Å². The first-order valence-corrected chi connectivity index (χ1v) is 5.60. The van der Waals surface area contributed by atoms with Crippen LogP contribution in [0.2, 0.25) is 0 Å². The molecule has 76 valence electrons. The van der Waals surface area contributed by atoms with Crippen LogP contribution in [0.15, 0.2) is 30.3 Å². The Morgan fingerprint density at radius 3 is 2.71 bits per heavy atom. The van der Waals surface area contributed by atoms with Crippen molar-refractivity contribution in [2.24, 2.45) is 0 Å². The van der Waals surface area contributed by atoms with Crippen molar-refractivity contribution in [3.05, 3.63) is 35.9 Å². The summed E-state index contributed by atoms with van der Waals surface area (Å²) >= 11 is 0. The highest BCUT2D eigenvalue weighted by molar-refractivity contribution is 5.14. The molecule has 1 heterocycles. The molecule has 1 aliphatic heterocycles. The normalized spacial score (nSPS) is 22.8. The molecule has 0 bridgehead atoms. The number of likely N-dealkylation sites (tertiary alicyclic amines) is 1. The van der Waals surface area contributed by atoms with E-state index in [1.807, 2.05) is 0 Å². The van der Waals surface area contributed by atoms with Gasteiger partial charge < -0.3 is 4.90 Å². The first kappa shape index (κ1) is 9.72. The van der Waals surface area contributed by atoms with E-state index in [9.17, 15) is 0 Å². The van der Waals surface area contributed by atoms with Gasteiger partial charge in [-0.2, -0.15) is 0 Å². The molecule has 0 amide bonds. The summed E-state index contributed by atoms with van der Waals surface area (Å²) in [6.45, 7) is 1.29. The third-order valence-electron chi connectivity index (χ3n) is 3.28. The average molecular weight is 189 g/mol. The second kappa shape index (κ2) is 4.61. The summed E-state index contributed by atoms with van der Waals surface area (Å²) in [5, 5.41) is 0. The van der Waals surface area contributed by atoms with Gasteiger partial charge in [-0.05, 0) is 44.8 Å². The van der Waals surface area contributed by atoms with E-state index in [0.717, 1.165) is 6.04 Å². The molecule has 0 saturated carbocycles. The van der Waals surface area contributed by atoms with Gasteiger partial charge in [0.1, 0.15) is 0 Å². The van der Waals surface area contributed by atoms with Crippen LogP contribution in [-0.4, -0.2) is 24.5 Å². The quantitative estimate of drug-likeness (QED) is 0.706. The Morgan fingerprint density at radius 2 is 2.07 bits per heavy atom. The van der Waals surface area contributed by atoms with Crippen molar-refractivity contribution >= 4 is 0 Å². The standard InChI is InChI=1S/C13H19N/c1-14-11-5-8-13(14)10-9-12-6-3-2-4-7-12/h2-4,6-7,13H,5,8-11H2,1H3/t13-/m1/s1. The monoisotopic (exact) mass is 189 g/mol. The molecule has 0 radical (unpaired) electrons. The van der Waals surface area contributed by atoms with Crippen molar-refractivity contribution in [3.8, 4) is 0 Å². The van der Waals surface area contributed by atoms with Gasteiger partial charge in [0.2, 0.25) is 0 Å². The van der Waals surface area contributed by atoms with E-state index < -0.39 is 0 Å². The molecule has 1 saturated heterocycles. The summed E-state index contributed by atoms with van der Waals surface area (Å²) in [6.07, 6.45) is 5.33. The van der Waals surface area contributed by atoms with Crippen LogP contribution in [0, 0.1) is 0 Å². The fraction of sp³-hybridized carbons (Fsp3) is 0.538. The number of rotatable bonds is 3. The summed E-state index contributed by atoms with van der Waals surface area (Å²) in [6, 6.07) is 11.6. The number of nitrogens with zero attached hydrogens (tertiary/aromatic N) is 1. The van der Waals surface area contributed by atoms with Crippen molar-refractivity contribution < 1.29 is 0 Å². The van der Waals surface area contributed by atoms with E-state index in [1.54, 1.807) is 0 Å². The van der Waals surface area contributed by atoms with Gasteiger partial charge in [-0.15, -0.1) is 0 Å². The van der Waals surface area contributed by atoms with Gasteiger partial charge in [0.15, 0.2) is 0 Å². The topological polar surface area (TPSA) is 3.24 Å². The van der Waals surface area contributed by atoms with Crippen molar-refractivity contribution in [2.45, 2.75) is 31.7 Å². The van der Waals surface area contributed by atoms with Crippen LogP contribution in [0.4, 0.5) is 0 Å². The zero-order valence-electron chi connectivity index (χ0n) is 8.95. The van der Waals surface area contributed by atoms with E-state index in [-0.39, 0.29) is 0 Å². The van der Waals surface area contributed by atoms with Gasteiger partial charge in [0.25, 0.3) is 0 Å². The predicted molar refractivity (Wildman–Crippen MR) is 60.4 cm³/mol. The molecule has 1 aromatic carbocycles. The summed E-state index contributed by atoms with van der Waals surface area (Å²) in [7, 11) is 2.25. The highest BCUT2D eigenvalue weighted by Crippen LogP contribution is 2.19.